The average Bonchev–Trinajstić information content (AvgIpc) is 2.62. The molecule has 5 heteroatoms. The molecule has 5 nitrogen and oxygen atoms in total. The van der Waals surface area contributed by atoms with Crippen LogP contribution in [0.25, 0.3) is 0 Å². The lowest BCUT2D eigenvalue weighted by molar-refractivity contribution is -0.142. The summed E-state index contributed by atoms with van der Waals surface area (Å²) in [5.74, 6) is -0.942. The highest BCUT2D eigenvalue weighted by atomic mass is 16.4. The van der Waals surface area contributed by atoms with Crippen molar-refractivity contribution in [3.05, 3.63) is 0 Å². The monoisotopic (exact) mass is 200 g/mol. The number of urea groups is 1. The van der Waals surface area contributed by atoms with E-state index < -0.39 is 5.97 Å². The van der Waals surface area contributed by atoms with Crippen LogP contribution in [0, 0.1) is 11.8 Å². The molecule has 2 amide bonds. The highest BCUT2D eigenvalue weighted by Crippen LogP contribution is 2.31. The minimum absolute atomic E-state index is 0.0878. The minimum atomic E-state index is -0.744. The summed E-state index contributed by atoms with van der Waals surface area (Å²) in [6.45, 7) is 0.455. The second kappa shape index (κ2) is 4.83. The van der Waals surface area contributed by atoms with Gasteiger partial charge >= 0.3 is 12.0 Å². The highest BCUT2D eigenvalue weighted by molar-refractivity contribution is 5.74. The molecular weight excluding hydrogens is 184 g/mol. The summed E-state index contributed by atoms with van der Waals surface area (Å²) in [7, 11) is 1.54. The van der Waals surface area contributed by atoms with Gasteiger partial charge in [0.15, 0.2) is 0 Å². The molecule has 1 aliphatic rings. The maximum Gasteiger partial charge on any atom is 0.314 e. The number of carboxylic acids is 1. The Kier molecular flexibility index (Phi) is 3.73. The molecule has 0 aromatic heterocycles. The molecule has 0 heterocycles. The van der Waals surface area contributed by atoms with Crippen LogP contribution in [0.3, 0.4) is 0 Å². The van der Waals surface area contributed by atoms with E-state index in [9.17, 15) is 9.59 Å². The fourth-order valence-electron chi connectivity index (χ4n) is 1.92. The zero-order valence-electron chi connectivity index (χ0n) is 8.25. The van der Waals surface area contributed by atoms with Crippen molar-refractivity contribution in [1.82, 2.24) is 10.6 Å². The number of carbonyl (C=O) groups excluding carboxylic acids is 1. The van der Waals surface area contributed by atoms with Gasteiger partial charge in [0.25, 0.3) is 0 Å². The first-order valence-electron chi connectivity index (χ1n) is 4.83. The molecule has 0 aromatic rings. The van der Waals surface area contributed by atoms with E-state index in [-0.39, 0.29) is 17.9 Å². The molecule has 2 unspecified atom stereocenters. The largest absolute Gasteiger partial charge is 0.481 e. The molecule has 1 rings (SSSR count). The van der Waals surface area contributed by atoms with Crippen molar-refractivity contribution in [2.24, 2.45) is 11.8 Å². The van der Waals surface area contributed by atoms with Crippen molar-refractivity contribution in [2.45, 2.75) is 19.3 Å². The molecule has 0 saturated heterocycles. The standard InChI is InChI=1S/C9H16N2O3/c1-10-9(14)11-5-6-3-2-4-7(6)8(12)13/h6-7H,2-5H2,1H3,(H,12,13)(H2,10,11,14). The van der Waals surface area contributed by atoms with Gasteiger partial charge in [-0.25, -0.2) is 4.79 Å². The number of nitrogens with one attached hydrogen (secondary N) is 2. The van der Waals surface area contributed by atoms with Crippen LogP contribution in [0.15, 0.2) is 0 Å². The van der Waals surface area contributed by atoms with Crippen LogP contribution < -0.4 is 10.6 Å². The lowest BCUT2D eigenvalue weighted by Crippen LogP contribution is -2.38. The second-order valence-electron chi connectivity index (χ2n) is 3.60. The van der Waals surface area contributed by atoms with E-state index in [1.807, 2.05) is 0 Å². The maximum absolute atomic E-state index is 10.9. The number of hydrogen-bond acceptors (Lipinski definition) is 2. The Balaban J connectivity index is 2.36. The van der Waals surface area contributed by atoms with E-state index in [1.165, 1.54) is 0 Å². The van der Waals surface area contributed by atoms with Crippen LogP contribution in [0.2, 0.25) is 0 Å². The maximum atomic E-state index is 10.9. The van der Waals surface area contributed by atoms with Crippen LogP contribution in [0.5, 0.6) is 0 Å². The quantitative estimate of drug-likeness (QED) is 0.617. The van der Waals surface area contributed by atoms with Gasteiger partial charge in [-0.1, -0.05) is 6.42 Å². The number of carbonyl (C=O) groups is 2. The van der Waals surface area contributed by atoms with Gasteiger partial charge in [0, 0.05) is 13.6 Å². The minimum Gasteiger partial charge on any atom is -0.481 e. The Labute approximate surface area is 82.9 Å². The molecule has 14 heavy (non-hydrogen) atoms. The first-order chi connectivity index (χ1) is 6.65. The smallest absolute Gasteiger partial charge is 0.314 e. The molecule has 80 valence electrons. The van der Waals surface area contributed by atoms with Gasteiger partial charge in [0.05, 0.1) is 5.92 Å². The molecule has 2 atom stereocenters. The Morgan fingerprint density at radius 1 is 1.43 bits per heavy atom. The highest BCUT2D eigenvalue weighted by Gasteiger charge is 2.32. The normalized spacial score (nSPS) is 25.8. The lowest BCUT2D eigenvalue weighted by atomic mass is 9.96. The molecule has 0 bridgehead atoms. The third kappa shape index (κ3) is 2.61. The molecular formula is C9H16N2O3. The van der Waals surface area contributed by atoms with Crippen LogP contribution >= 0.6 is 0 Å². The molecule has 0 radical (unpaired) electrons. The Morgan fingerprint density at radius 2 is 2.14 bits per heavy atom. The first kappa shape index (κ1) is 10.8. The molecule has 1 saturated carbocycles. The van der Waals surface area contributed by atoms with Crippen molar-refractivity contribution in [2.75, 3.05) is 13.6 Å². The molecule has 1 aliphatic carbocycles. The fourth-order valence-corrected chi connectivity index (χ4v) is 1.92. The van der Waals surface area contributed by atoms with Crippen LogP contribution in [-0.4, -0.2) is 30.7 Å². The van der Waals surface area contributed by atoms with Gasteiger partial charge in [-0.3, -0.25) is 4.79 Å². The fraction of sp³-hybridized carbons (Fsp3) is 0.778. The predicted octanol–water partition coefficient (Wildman–Crippen LogP) is 0.416. The summed E-state index contributed by atoms with van der Waals surface area (Å²) in [6, 6.07) is -0.249. The zero-order valence-corrected chi connectivity index (χ0v) is 8.25. The Hall–Kier alpha value is -1.26. The van der Waals surface area contributed by atoms with Gasteiger partial charge in [0.2, 0.25) is 0 Å². The zero-order chi connectivity index (χ0) is 10.6. The Bertz CT molecular complexity index is 230. The Morgan fingerprint density at radius 3 is 2.71 bits per heavy atom. The van der Waals surface area contributed by atoms with E-state index in [4.69, 9.17) is 5.11 Å². The summed E-state index contributed by atoms with van der Waals surface area (Å²) < 4.78 is 0. The van der Waals surface area contributed by atoms with Crippen molar-refractivity contribution in [1.29, 1.82) is 0 Å². The third-order valence-electron chi connectivity index (χ3n) is 2.73. The lowest BCUT2D eigenvalue weighted by Gasteiger charge is -2.15. The summed E-state index contributed by atoms with van der Waals surface area (Å²) in [6.07, 6.45) is 2.56. The SMILES string of the molecule is CNC(=O)NCC1CCCC1C(=O)O. The van der Waals surface area contributed by atoms with Crippen LogP contribution in [0.1, 0.15) is 19.3 Å². The second-order valence-corrected chi connectivity index (χ2v) is 3.60. The number of carboxylic acid groups (broad SMARTS) is 1. The van der Waals surface area contributed by atoms with Gasteiger partial charge < -0.3 is 15.7 Å². The van der Waals surface area contributed by atoms with Gasteiger partial charge in [-0.05, 0) is 18.8 Å². The van der Waals surface area contributed by atoms with Crippen LogP contribution in [-0.2, 0) is 4.79 Å². The molecule has 0 aromatic carbocycles. The molecule has 0 spiro atoms. The number of hydrogen-bond donors (Lipinski definition) is 3. The first-order valence-corrected chi connectivity index (χ1v) is 4.83. The van der Waals surface area contributed by atoms with E-state index in [2.05, 4.69) is 10.6 Å². The average molecular weight is 200 g/mol. The van der Waals surface area contributed by atoms with Crippen molar-refractivity contribution in [3.63, 3.8) is 0 Å². The predicted molar refractivity (Wildman–Crippen MR) is 50.9 cm³/mol. The summed E-state index contributed by atoms with van der Waals surface area (Å²) in [5, 5.41) is 14.0. The molecule has 0 aliphatic heterocycles. The third-order valence-corrected chi connectivity index (χ3v) is 2.73. The van der Waals surface area contributed by atoms with Crippen LogP contribution in [0.4, 0.5) is 4.79 Å². The van der Waals surface area contributed by atoms with E-state index in [1.54, 1.807) is 7.05 Å². The van der Waals surface area contributed by atoms with Crippen molar-refractivity contribution >= 4 is 12.0 Å². The van der Waals surface area contributed by atoms with E-state index in [0.717, 1.165) is 19.3 Å². The summed E-state index contributed by atoms with van der Waals surface area (Å²) in [5.41, 5.74) is 0. The van der Waals surface area contributed by atoms with Gasteiger partial charge in [-0.15, -0.1) is 0 Å². The molecule has 1 fully saturated rings. The van der Waals surface area contributed by atoms with Crippen molar-refractivity contribution in [3.8, 4) is 0 Å². The summed E-state index contributed by atoms with van der Waals surface area (Å²) >= 11 is 0. The molecule has 3 N–H and O–H groups in total. The van der Waals surface area contributed by atoms with Crippen molar-refractivity contribution < 1.29 is 14.7 Å². The number of rotatable bonds is 3. The van der Waals surface area contributed by atoms with E-state index >= 15 is 0 Å². The van der Waals surface area contributed by atoms with E-state index in [0.29, 0.717) is 6.54 Å². The summed E-state index contributed by atoms with van der Waals surface area (Å²) in [4.78, 5) is 21.7. The topological polar surface area (TPSA) is 78.4 Å². The van der Waals surface area contributed by atoms with Gasteiger partial charge in [-0.2, -0.15) is 0 Å². The number of aliphatic carboxylic acids is 1. The number of amides is 2. The van der Waals surface area contributed by atoms with Gasteiger partial charge in [0.1, 0.15) is 0 Å².